The third-order valence-corrected chi connectivity index (χ3v) is 7.33. The van der Waals surface area contributed by atoms with Crippen LogP contribution < -0.4 is 4.90 Å². The first kappa shape index (κ1) is 26.8. The first-order valence-corrected chi connectivity index (χ1v) is 12.0. The molecule has 1 amide bonds. The summed E-state index contributed by atoms with van der Waals surface area (Å²) < 4.78 is 0. The van der Waals surface area contributed by atoms with Crippen LogP contribution in [0.3, 0.4) is 0 Å². The summed E-state index contributed by atoms with van der Waals surface area (Å²) in [5, 5.41) is 8.62. The van der Waals surface area contributed by atoms with Crippen molar-refractivity contribution in [2.75, 3.05) is 50.7 Å². The lowest BCUT2D eigenvalue weighted by Crippen LogP contribution is -2.47. The van der Waals surface area contributed by atoms with Gasteiger partial charge in [-0.25, -0.2) is 0 Å². The van der Waals surface area contributed by atoms with E-state index in [0.717, 1.165) is 44.9 Å². The predicted molar refractivity (Wildman–Crippen MR) is 135 cm³/mol. The lowest BCUT2D eigenvalue weighted by atomic mass is 9.93. The number of piperidine rings is 1. The minimum absolute atomic E-state index is 0. The van der Waals surface area contributed by atoms with Gasteiger partial charge in [0.05, 0.1) is 6.07 Å². The zero-order valence-electron chi connectivity index (χ0n) is 19.1. The molecule has 4 rings (SSSR count). The van der Waals surface area contributed by atoms with Crippen molar-refractivity contribution in [3.8, 4) is 6.07 Å². The number of benzene rings is 1. The monoisotopic (exact) mass is 480 g/mol. The van der Waals surface area contributed by atoms with Gasteiger partial charge >= 0.3 is 0 Å². The van der Waals surface area contributed by atoms with Crippen LogP contribution >= 0.6 is 24.8 Å². The molecule has 2 aliphatic heterocycles. The zero-order valence-corrected chi connectivity index (χ0v) is 20.8. The van der Waals surface area contributed by atoms with E-state index in [2.05, 4.69) is 34.1 Å². The summed E-state index contributed by atoms with van der Waals surface area (Å²) in [6.45, 7) is 7.63. The van der Waals surface area contributed by atoms with Crippen LogP contribution in [0.1, 0.15) is 56.1 Å². The van der Waals surface area contributed by atoms with Gasteiger partial charge in [0.25, 0.3) is 0 Å². The van der Waals surface area contributed by atoms with Crippen LogP contribution in [0, 0.1) is 17.2 Å². The third-order valence-electron chi connectivity index (χ3n) is 7.33. The maximum absolute atomic E-state index is 12.2. The topological polar surface area (TPSA) is 50.6 Å². The van der Waals surface area contributed by atoms with E-state index in [1.54, 1.807) is 11.1 Å². The number of likely N-dealkylation sites (tertiary alicyclic amines) is 1. The minimum Gasteiger partial charge on any atom is -0.369 e. The quantitative estimate of drug-likeness (QED) is 0.540. The van der Waals surface area contributed by atoms with Crippen LogP contribution in [0.4, 0.5) is 5.69 Å². The van der Waals surface area contributed by atoms with Crippen molar-refractivity contribution in [1.82, 2.24) is 9.80 Å². The Kier molecular flexibility index (Phi) is 11.1. The van der Waals surface area contributed by atoms with E-state index in [0.29, 0.717) is 19.3 Å². The molecule has 2 fully saturated rings. The van der Waals surface area contributed by atoms with Crippen LogP contribution in [-0.2, 0) is 17.6 Å². The molecule has 2 saturated heterocycles. The molecule has 7 heteroatoms. The minimum atomic E-state index is 0. The highest BCUT2D eigenvalue weighted by Gasteiger charge is 2.25. The second kappa shape index (κ2) is 13.3. The molecule has 0 spiro atoms. The highest BCUT2D eigenvalue weighted by Crippen LogP contribution is 2.32. The number of carbonyl (C=O) groups excluding carboxylic acids is 1. The van der Waals surface area contributed by atoms with Gasteiger partial charge in [-0.3, -0.25) is 9.69 Å². The maximum atomic E-state index is 12.2. The molecular formula is C25H38Cl2N4O. The SMILES string of the molecule is Cl.Cl.N#CCCCC(=O)N1CCC(CCN2CCN(c3cccc4c3CCC4)CC2)CC1. The number of amides is 1. The Labute approximate surface area is 205 Å². The van der Waals surface area contributed by atoms with E-state index in [9.17, 15) is 4.79 Å². The van der Waals surface area contributed by atoms with Crippen molar-refractivity contribution in [3.63, 3.8) is 0 Å². The number of hydrogen-bond acceptors (Lipinski definition) is 4. The Morgan fingerprint density at radius 2 is 1.78 bits per heavy atom. The predicted octanol–water partition coefficient (Wildman–Crippen LogP) is 4.46. The number of halogens is 2. The Morgan fingerprint density at radius 1 is 1.03 bits per heavy atom. The molecule has 0 atom stereocenters. The van der Waals surface area contributed by atoms with Gasteiger partial charge in [0.1, 0.15) is 0 Å². The number of unbranched alkanes of at least 4 members (excludes halogenated alkanes) is 1. The highest BCUT2D eigenvalue weighted by atomic mass is 35.5. The van der Waals surface area contributed by atoms with Crippen LogP contribution in [0.2, 0.25) is 0 Å². The summed E-state index contributed by atoms with van der Waals surface area (Å²) in [5.74, 6) is 0.996. The second-order valence-corrected chi connectivity index (χ2v) is 9.22. The van der Waals surface area contributed by atoms with Crippen molar-refractivity contribution in [3.05, 3.63) is 29.3 Å². The molecule has 0 N–H and O–H groups in total. The van der Waals surface area contributed by atoms with Gasteiger partial charge in [-0.15, -0.1) is 24.8 Å². The Bertz CT molecular complexity index is 766. The first-order valence-electron chi connectivity index (χ1n) is 12.0. The molecule has 0 saturated carbocycles. The maximum Gasteiger partial charge on any atom is 0.222 e. The zero-order chi connectivity index (χ0) is 20.8. The summed E-state index contributed by atoms with van der Waals surface area (Å²) >= 11 is 0. The van der Waals surface area contributed by atoms with Gasteiger partial charge in [0.2, 0.25) is 5.91 Å². The van der Waals surface area contributed by atoms with Crippen molar-refractivity contribution in [1.29, 1.82) is 5.26 Å². The van der Waals surface area contributed by atoms with Crippen LogP contribution in [0.25, 0.3) is 0 Å². The van der Waals surface area contributed by atoms with Crippen molar-refractivity contribution >= 4 is 36.4 Å². The Balaban J connectivity index is 0.00000181. The van der Waals surface area contributed by atoms with Crippen LogP contribution in [0.15, 0.2) is 18.2 Å². The lowest BCUT2D eigenvalue weighted by Gasteiger charge is -2.38. The fourth-order valence-corrected chi connectivity index (χ4v) is 5.42. The number of nitrogens with zero attached hydrogens (tertiary/aromatic N) is 4. The molecule has 0 aromatic heterocycles. The summed E-state index contributed by atoms with van der Waals surface area (Å²) in [4.78, 5) is 19.5. The Morgan fingerprint density at radius 3 is 2.50 bits per heavy atom. The number of piperazine rings is 1. The number of fused-ring (bicyclic) bond motifs is 1. The number of hydrogen-bond donors (Lipinski definition) is 0. The molecule has 2 heterocycles. The molecule has 1 aliphatic carbocycles. The van der Waals surface area contributed by atoms with E-state index in [4.69, 9.17) is 5.26 Å². The van der Waals surface area contributed by atoms with Crippen molar-refractivity contribution < 1.29 is 4.79 Å². The lowest BCUT2D eigenvalue weighted by molar-refractivity contribution is -0.132. The van der Waals surface area contributed by atoms with Gasteiger partial charge < -0.3 is 9.80 Å². The largest absolute Gasteiger partial charge is 0.369 e. The van der Waals surface area contributed by atoms with Crippen LogP contribution in [-0.4, -0.2) is 61.5 Å². The summed E-state index contributed by atoms with van der Waals surface area (Å²) in [6, 6.07) is 9.01. The molecule has 3 aliphatic rings. The van der Waals surface area contributed by atoms with Gasteiger partial charge in [0.15, 0.2) is 0 Å². The number of anilines is 1. The molecule has 1 aromatic carbocycles. The summed E-state index contributed by atoms with van der Waals surface area (Å²) in [6.07, 6.45) is 9.09. The first-order chi connectivity index (χ1) is 14.7. The number of nitriles is 1. The molecule has 0 unspecified atom stereocenters. The molecule has 0 bridgehead atoms. The third kappa shape index (κ3) is 6.76. The van der Waals surface area contributed by atoms with Gasteiger partial charge in [0, 0.05) is 57.8 Å². The summed E-state index contributed by atoms with van der Waals surface area (Å²) in [5.41, 5.74) is 4.68. The molecule has 1 aromatic rings. The van der Waals surface area contributed by atoms with Gasteiger partial charge in [-0.1, -0.05) is 12.1 Å². The smallest absolute Gasteiger partial charge is 0.222 e. The fourth-order valence-electron chi connectivity index (χ4n) is 5.42. The van der Waals surface area contributed by atoms with E-state index in [1.165, 1.54) is 51.0 Å². The fraction of sp³-hybridized carbons (Fsp3) is 0.680. The Hall–Kier alpha value is -1.48. The normalized spacial score (nSPS) is 19.0. The number of carbonyl (C=O) groups is 1. The number of aryl methyl sites for hydroxylation is 1. The molecule has 0 radical (unpaired) electrons. The van der Waals surface area contributed by atoms with E-state index >= 15 is 0 Å². The van der Waals surface area contributed by atoms with E-state index in [-0.39, 0.29) is 30.7 Å². The average Bonchev–Trinajstić information content (AvgIpc) is 3.28. The number of rotatable bonds is 7. The van der Waals surface area contributed by atoms with E-state index < -0.39 is 0 Å². The van der Waals surface area contributed by atoms with E-state index in [1.807, 2.05) is 4.90 Å². The van der Waals surface area contributed by atoms with Gasteiger partial charge in [-0.2, -0.15) is 5.26 Å². The standard InChI is InChI=1S/C25H36N4O.2ClH/c26-13-2-1-9-25(30)29-15-11-21(12-16-29)10-14-27-17-19-28(20-18-27)24-8-4-6-22-5-3-7-23(22)24;;/h4,6,8,21H,1-3,5,7,9-12,14-20H2;2*1H. The highest BCUT2D eigenvalue weighted by molar-refractivity contribution is 5.85. The van der Waals surface area contributed by atoms with Gasteiger partial charge in [-0.05, 0) is 74.6 Å². The van der Waals surface area contributed by atoms with Crippen LogP contribution in [0.5, 0.6) is 0 Å². The molecule has 5 nitrogen and oxygen atoms in total. The second-order valence-electron chi connectivity index (χ2n) is 9.22. The van der Waals surface area contributed by atoms with Crippen molar-refractivity contribution in [2.45, 2.75) is 57.8 Å². The molecule has 178 valence electrons. The molecule has 32 heavy (non-hydrogen) atoms. The molecular weight excluding hydrogens is 443 g/mol. The summed E-state index contributed by atoms with van der Waals surface area (Å²) in [7, 11) is 0. The average molecular weight is 482 g/mol. The van der Waals surface area contributed by atoms with Crippen molar-refractivity contribution in [2.24, 2.45) is 5.92 Å².